The van der Waals surface area contributed by atoms with Gasteiger partial charge in [-0.1, -0.05) is 0 Å². The third-order valence-electron chi connectivity index (χ3n) is 2.09. The average molecular weight is 226 g/mol. The molecule has 14 heavy (non-hydrogen) atoms. The van der Waals surface area contributed by atoms with Gasteiger partial charge in [0.2, 0.25) is 0 Å². The van der Waals surface area contributed by atoms with Gasteiger partial charge in [-0.15, -0.1) is 0 Å². The molecule has 0 aliphatic carbocycles. The molecule has 0 spiro atoms. The lowest BCUT2D eigenvalue weighted by atomic mass is 9.89. The fourth-order valence-corrected chi connectivity index (χ4v) is 1.07. The summed E-state index contributed by atoms with van der Waals surface area (Å²) in [4.78, 5) is 0. The number of halogens is 7. The summed E-state index contributed by atoms with van der Waals surface area (Å²) in [5, 5.41) is 0. The van der Waals surface area contributed by atoms with Crippen molar-refractivity contribution in [3.05, 3.63) is 0 Å². The Morgan fingerprint density at radius 3 is 1.29 bits per heavy atom. The molecule has 1 rings (SSSR count). The molecule has 84 valence electrons. The lowest BCUT2D eigenvalue weighted by Crippen LogP contribution is -2.62. The first-order valence-electron chi connectivity index (χ1n) is 3.42. The molecule has 0 saturated carbocycles. The zero-order chi connectivity index (χ0) is 11.4. The van der Waals surface area contributed by atoms with E-state index in [4.69, 9.17) is 0 Å². The maximum absolute atomic E-state index is 13.0. The van der Waals surface area contributed by atoms with Crippen LogP contribution in [-0.4, -0.2) is 30.2 Å². The SMILES string of the molecule is CC1(C(F)(C(F)(F)F)C(F)(F)F)CO1. The summed E-state index contributed by atoms with van der Waals surface area (Å²) < 4.78 is 88.7. The predicted molar refractivity (Wildman–Crippen MR) is 30.3 cm³/mol. The smallest absolute Gasteiger partial charge is 0.366 e. The lowest BCUT2D eigenvalue weighted by Gasteiger charge is -2.32. The number of epoxide rings is 1. The Hall–Kier alpha value is -0.530. The molecule has 1 nitrogen and oxygen atoms in total. The first-order valence-corrected chi connectivity index (χ1v) is 3.42. The lowest BCUT2D eigenvalue weighted by molar-refractivity contribution is -0.357. The van der Waals surface area contributed by atoms with Crippen molar-refractivity contribution in [2.24, 2.45) is 0 Å². The minimum absolute atomic E-state index is 0.438. The largest absolute Gasteiger partial charge is 0.434 e. The molecule has 1 atom stereocenters. The van der Waals surface area contributed by atoms with E-state index in [1.54, 1.807) is 0 Å². The number of hydrogen-bond donors (Lipinski definition) is 0. The van der Waals surface area contributed by atoms with Crippen LogP contribution in [0.5, 0.6) is 0 Å². The summed E-state index contributed by atoms with van der Waals surface area (Å²) in [6.07, 6.45) is -12.1. The highest BCUT2D eigenvalue weighted by Gasteiger charge is 2.84. The van der Waals surface area contributed by atoms with Gasteiger partial charge in [0.15, 0.2) is 0 Å². The highest BCUT2D eigenvalue weighted by atomic mass is 19.4. The predicted octanol–water partition coefficient (Wildman–Crippen LogP) is 2.61. The second-order valence-electron chi connectivity index (χ2n) is 3.17. The Bertz CT molecular complexity index is 212. The third kappa shape index (κ3) is 1.27. The Balaban J connectivity index is 3.17. The molecule has 1 unspecified atom stereocenters. The number of rotatable bonds is 1. The minimum atomic E-state index is -6.03. The Labute approximate surface area is 73.8 Å². The van der Waals surface area contributed by atoms with Crippen molar-refractivity contribution >= 4 is 0 Å². The van der Waals surface area contributed by atoms with Crippen LogP contribution in [0, 0.1) is 0 Å². The van der Waals surface area contributed by atoms with Gasteiger partial charge in [-0.25, -0.2) is 4.39 Å². The van der Waals surface area contributed by atoms with Gasteiger partial charge < -0.3 is 4.74 Å². The summed E-state index contributed by atoms with van der Waals surface area (Å²) in [6.45, 7) is -0.462. The molecule has 0 radical (unpaired) electrons. The molecule has 0 aromatic rings. The fourth-order valence-electron chi connectivity index (χ4n) is 1.07. The molecule has 1 fully saturated rings. The van der Waals surface area contributed by atoms with Crippen molar-refractivity contribution in [2.75, 3.05) is 6.61 Å². The van der Waals surface area contributed by atoms with Crippen molar-refractivity contribution in [1.29, 1.82) is 0 Å². The highest BCUT2D eigenvalue weighted by molar-refractivity contribution is 5.14. The van der Waals surface area contributed by atoms with Crippen LogP contribution in [0.2, 0.25) is 0 Å². The van der Waals surface area contributed by atoms with Gasteiger partial charge in [0, 0.05) is 0 Å². The molecular weight excluding hydrogens is 221 g/mol. The molecule has 1 aliphatic rings. The van der Waals surface area contributed by atoms with E-state index >= 15 is 0 Å². The van der Waals surface area contributed by atoms with Crippen LogP contribution in [0.4, 0.5) is 30.7 Å². The summed E-state index contributed by atoms with van der Waals surface area (Å²) in [5.41, 5.74) is -8.14. The van der Waals surface area contributed by atoms with Crippen LogP contribution in [0.25, 0.3) is 0 Å². The van der Waals surface area contributed by atoms with Crippen LogP contribution in [-0.2, 0) is 4.74 Å². The van der Waals surface area contributed by atoms with Crippen molar-refractivity contribution in [2.45, 2.75) is 30.5 Å². The maximum atomic E-state index is 13.0. The first kappa shape index (κ1) is 11.5. The fraction of sp³-hybridized carbons (Fsp3) is 1.00. The van der Waals surface area contributed by atoms with E-state index < -0.39 is 30.2 Å². The van der Waals surface area contributed by atoms with Crippen molar-refractivity contribution in [3.8, 4) is 0 Å². The topological polar surface area (TPSA) is 12.5 Å². The van der Waals surface area contributed by atoms with Crippen LogP contribution in [0.3, 0.4) is 0 Å². The van der Waals surface area contributed by atoms with E-state index in [1.165, 1.54) is 0 Å². The Morgan fingerprint density at radius 2 is 1.21 bits per heavy atom. The van der Waals surface area contributed by atoms with Crippen LogP contribution in [0.15, 0.2) is 0 Å². The molecule has 8 heteroatoms. The molecule has 0 amide bonds. The van der Waals surface area contributed by atoms with Gasteiger partial charge >= 0.3 is 18.0 Å². The normalized spacial score (nSPS) is 29.1. The van der Waals surface area contributed by atoms with E-state index in [9.17, 15) is 30.7 Å². The van der Waals surface area contributed by atoms with E-state index in [0.717, 1.165) is 0 Å². The zero-order valence-corrected chi connectivity index (χ0v) is 6.76. The van der Waals surface area contributed by atoms with Gasteiger partial charge in [0.1, 0.15) is 5.60 Å². The van der Waals surface area contributed by atoms with E-state index in [2.05, 4.69) is 4.74 Å². The summed E-state index contributed by atoms with van der Waals surface area (Å²) in [5.74, 6) is 0. The van der Waals surface area contributed by atoms with Gasteiger partial charge in [-0.2, -0.15) is 26.3 Å². The number of alkyl halides is 7. The van der Waals surface area contributed by atoms with Gasteiger partial charge in [0.25, 0.3) is 0 Å². The maximum Gasteiger partial charge on any atom is 0.434 e. The standard InChI is InChI=1S/C6H5F7O/c1-3(2-14-3)4(7,5(8,9)10)6(11,12)13/h2H2,1H3. The molecule has 1 heterocycles. The zero-order valence-electron chi connectivity index (χ0n) is 6.76. The van der Waals surface area contributed by atoms with Gasteiger partial charge in [-0.3, -0.25) is 0 Å². The van der Waals surface area contributed by atoms with Gasteiger partial charge in [0.05, 0.1) is 6.61 Å². The minimum Gasteiger partial charge on any atom is -0.366 e. The number of ether oxygens (including phenoxy) is 1. The molecule has 1 aliphatic heterocycles. The summed E-state index contributed by atoms with van der Waals surface area (Å²) >= 11 is 0. The summed E-state index contributed by atoms with van der Waals surface area (Å²) in [7, 11) is 0. The second-order valence-corrected chi connectivity index (χ2v) is 3.17. The first-order chi connectivity index (χ1) is 5.96. The third-order valence-corrected chi connectivity index (χ3v) is 2.09. The summed E-state index contributed by atoms with van der Waals surface area (Å²) in [6, 6.07) is 0. The van der Waals surface area contributed by atoms with E-state index in [0.29, 0.717) is 6.92 Å². The second kappa shape index (κ2) is 2.53. The average Bonchev–Trinajstić information content (AvgIpc) is 2.62. The van der Waals surface area contributed by atoms with Crippen LogP contribution < -0.4 is 0 Å². The van der Waals surface area contributed by atoms with Crippen LogP contribution >= 0.6 is 0 Å². The van der Waals surface area contributed by atoms with E-state index in [1.807, 2.05) is 0 Å². The quantitative estimate of drug-likeness (QED) is 0.494. The van der Waals surface area contributed by atoms with Crippen molar-refractivity contribution in [3.63, 3.8) is 0 Å². The highest BCUT2D eigenvalue weighted by Crippen LogP contribution is 2.57. The molecule has 0 aromatic heterocycles. The molecule has 0 bridgehead atoms. The molecule has 1 saturated heterocycles. The van der Waals surface area contributed by atoms with Crippen molar-refractivity contribution < 1.29 is 35.5 Å². The monoisotopic (exact) mass is 226 g/mol. The Morgan fingerprint density at radius 1 is 0.929 bits per heavy atom. The molecule has 0 aromatic carbocycles. The molecule has 0 N–H and O–H groups in total. The Kier molecular flexibility index (Phi) is 2.09. The van der Waals surface area contributed by atoms with Crippen molar-refractivity contribution in [1.82, 2.24) is 0 Å². The van der Waals surface area contributed by atoms with Gasteiger partial charge in [-0.05, 0) is 6.92 Å². The van der Waals surface area contributed by atoms with Crippen LogP contribution in [0.1, 0.15) is 6.92 Å². The number of hydrogen-bond acceptors (Lipinski definition) is 1. The van der Waals surface area contributed by atoms with E-state index in [-0.39, 0.29) is 0 Å². The molecular formula is C6H5F7O.